The van der Waals surface area contributed by atoms with E-state index in [9.17, 15) is 43.5 Å². The van der Waals surface area contributed by atoms with Gasteiger partial charge in [-0.2, -0.15) is 0 Å². The molecule has 0 saturated carbocycles. The van der Waals surface area contributed by atoms with Crippen molar-refractivity contribution in [3.05, 3.63) is 0 Å². The minimum Gasteiger partial charge on any atom is -0.480 e. The molecule has 18 heteroatoms. The highest BCUT2D eigenvalue weighted by Crippen LogP contribution is 2.18. The van der Waals surface area contributed by atoms with Crippen molar-refractivity contribution in [2.75, 3.05) is 45.9 Å². The largest absolute Gasteiger partial charge is 0.480 e. The lowest BCUT2D eigenvalue weighted by Gasteiger charge is -2.28. The van der Waals surface area contributed by atoms with Crippen LogP contribution in [0.1, 0.15) is 26.7 Å². The minimum absolute atomic E-state index is 0.279. The van der Waals surface area contributed by atoms with E-state index in [-0.39, 0.29) is 19.6 Å². The van der Waals surface area contributed by atoms with E-state index in [1.165, 1.54) is 4.90 Å². The highest BCUT2D eigenvalue weighted by Gasteiger charge is 2.37. The molecule has 7 amide bonds. The van der Waals surface area contributed by atoms with Crippen LogP contribution in [-0.4, -0.2) is 126 Å². The Bertz CT molecular complexity index is 1000. The number of carbonyl (C=O) groups excluding carboxylic acids is 7. The highest BCUT2D eigenvalue weighted by atomic mass is 16.4. The number of nitrogens with zero attached hydrogens (tertiary/aromatic N) is 1. The second kappa shape index (κ2) is 17.4. The molecule has 1 heterocycles. The number of amides is 7. The van der Waals surface area contributed by atoms with Gasteiger partial charge in [-0.1, -0.05) is 13.8 Å². The molecule has 0 aromatic rings. The average molecular weight is 587 g/mol. The first-order valence-corrected chi connectivity index (χ1v) is 12.8. The van der Waals surface area contributed by atoms with Gasteiger partial charge in [-0.15, -0.1) is 0 Å². The fourth-order valence-electron chi connectivity index (χ4n) is 3.69. The van der Waals surface area contributed by atoms with E-state index < -0.39 is 97.6 Å². The molecular formula is C23H38N8O10. The molecule has 0 radical (unpaired) electrons. The van der Waals surface area contributed by atoms with E-state index in [0.717, 1.165) is 0 Å². The van der Waals surface area contributed by atoms with Crippen LogP contribution in [0.4, 0.5) is 0 Å². The van der Waals surface area contributed by atoms with Crippen molar-refractivity contribution in [2.24, 2.45) is 11.7 Å². The van der Waals surface area contributed by atoms with Crippen molar-refractivity contribution < 1.29 is 48.6 Å². The summed E-state index contributed by atoms with van der Waals surface area (Å²) in [7, 11) is 0. The molecule has 10 N–H and O–H groups in total. The number of rotatable bonds is 16. The third-order valence-corrected chi connectivity index (χ3v) is 5.87. The van der Waals surface area contributed by atoms with Gasteiger partial charge in [0.25, 0.3) is 0 Å². The highest BCUT2D eigenvalue weighted by molar-refractivity contribution is 5.96. The van der Waals surface area contributed by atoms with Crippen molar-refractivity contribution >= 4 is 47.3 Å². The number of carboxylic acid groups (broad SMARTS) is 1. The van der Waals surface area contributed by atoms with Crippen molar-refractivity contribution in [3.63, 3.8) is 0 Å². The summed E-state index contributed by atoms with van der Waals surface area (Å²) in [4.78, 5) is 97.2. The number of hydrogen-bond donors (Lipinski definition) is 9. The normalized spacial score (nSPS) is 15.7. The van der Waals surface area contributed by atoms with Gasteiger partial charge in [-0.25, -0.2) is 0 Å². The molecule has 1 aliphatic rings. The molecule has 230 valence electrons. The fourth-order valence-corrected chi connectivity index (χ4v) is 3.69. The maximum Gasteiger partial charge on any atom is 0.322 e. The Hall–Kier alpha value is -4.32. The first kappa shape index (κ1) is 34.7. The van der Waals surface area contributed by atoms with Crippen LogP contribution < -0.4 is 37.6 Å². The molecule has 1 aliphatic heterocycles. The van der Waals surface area contributed by atoms with Gasteiger partial charge >= 0.3 is 5.97 Å². The molecule has 1 saturated heterocycles. The molecule has 3 atom stereocenters. The number of aliphatic hydroxyl groups is 1. The van der Waals surface area contributed by atoms with E-state index in [4.69, 9.17) is 10.8 Å². The van der Waals surface area contributed by atoms with E-state index in [2.05, 4.69) is 26.6 Å². The van der Waals surface area contributed by atoms with Crippen molar-refractivity contribution in [3.8, 4) is 0 Å². The molecule has 41 heavy (non-hydrogen) atoms. The Kier molecular flexibility index (Phi) is 14.7. The lowest BCUT2D eigenvalue weighted by atomic mass is 10.0. The van der Waals surface area contributed by atoms with Crippen molar-refractivity contribution in [1.29, 1.82) is 0 Å². The summed E-state index contributed by atoms with van der Waals surface area (Å²) < 4.78 is 0. The van der Waals surface area contributed by atoms with E-state index >= 15 is 0 Å². The number of nitrogens with two attached hydrogens (primary N) is 1. The Morgan fingerprint density at radius 1 is 0.829 bits per heavy atom. The smallest absolute Gasteiger partial charge is 0.322 e. The van der Waals surface area contributed by atoms with Crippen molar-refractivity contribution in [1.82, 2.24) is 36.8 Å². The monoisotopic (exact) mass is 586 g/mol. The van der Waals surface area contributed by atoms with Crippen LogP contribution in [0.25, 0.3) is 0 Å². The number of carboxylic acids is 1. The Morgan fingerprint density at radius 3 is 1.98 bits per heavy atom. The SMILES string of the molecule is CC(C)[C@H](NC(=O)[C@@H]1CCCN1C(=O)CNC(=O)CN)C(=O)N[C@@H](CO)C(=O)NCC(=O)NCC(=O)NCC(=O)O. The lowest BCUT2D eigenvalue weighted by molar-refractivity contribution is -0.140. The number of hydrogen-bond acceptors (Lipinski definition) is 10. The molecule has 18 nitrogen and oxygen atoms in total. The predicted octanol–water partition coefficient (Wildman–Crippen LogP) is -5.90. The summed E-state index contributed by atoms with van der Waals surface area (Å²) in [6.07, 6.45) is 0.861. The predicted molar refractivity (Wildman–Crippen MR) is 139 cm³/mol. The minimum atomic E-state index is -1.48. The quantitative estimate of drug-likeness (QED) is 0.0821. The number of nitrogens with one attached hydrogen (secondary N) is 6. The second-order valence-electron chi connectivity index (χ2n) is 9.37. The van der Waals surface area contributed by atoms with Gasteiger partial charge in [0.2, 0.25) is 41.4 Å². The Labute approximate surface area is 235 Å². The Morgan fingerprint density at radius 2 is 1.41 bits per heavy atom. The van der Waals surface area contributed by atoms with Crippen LogP contribution in [0, 0.1) is 5.92 Å². The summed E-state index contributed by atoms with van der Waals surface area (Å²) >= 11 is 0. The van der Waals surface area contributed by atoms with Gasteiger partial charge in [0, 0.05) is 6.54 Å². The standard InChI is InChI=1S/C23H38N8O10/c1-12(2)20(30-22(40)14-4-3-5-31(14)18(36)9-26-15(33)6-24)23(41)29-13(11-32)21(39)28-8-17(35)25-7-16(34)27-10-19(37)38/h12-14,20,32H,3-11,24H2,1-2H3,(H,25,35)(H,26,33)(H,27,34)(H,28,39)(H,29,41)(H,30,40)(H,37,38)/t13-,14-,20-/m0/s1. The van der Waals surface area contributed by atoms with Crippen LogP contribution in [0.15, 0.2) is 0 Å². The zero-order valence-electron chi connectivity index (χ0n) is 22.9. The fraction of sp³-hybridized carbons (Fsp3) is 0.652. The van der Waals surface area contributed by atoms with Crippen LogP contribution in [-0.2, 0) is 38.4 Å². The molecule has 0 unspecified atom stereocenters. The third-order valence-electron chi connectivity index (χ3n) is 5.87. The van der Waals surface area contributed by atoms with Crippen LogP contribution in [0.5, 0.6) is 0 Å². The average Bonchev–Trinajstić information content (AvgIpc) is 3.43. The molecule has 0 aromatic carbocycles. The zero-order chi connectivity index (χ0) is 31.1. The topological polar surface area (TPSA) is 278 Å². The first-order chi connectivity index (χ1) is 19.3. The van der Waals surface area contributed by atoms with Gasteiger partial charge < -0.3 is 52.7 Å². The first-order valence-electron chi connectivity index (χ1n) is 12.8. The van der Waals surface area contributed by atoms with Crippen LogP contribution in [0.3, 0.4) is 0 Å². The molecule has 0 bridgehead atoms. The number of likely N-dealkylation sites (tertiary alicyclic amines) is 1. The van der Waals surface area contributed by atoms with Crippen LogP contribution in [0.2, 0.25) is 0 Å². The van der Waals surface area contributed by atoms with Gasteiger partial charge in [0.05, 0.1) is 32.8 Å². The van der Waals surface area contributed by atoms with Gasteiger partial charge in [0.15, 0.2) is 0 Å². The summed E-state index contributed by atoms with van der Waals surface area (Å²) in [5.41, 5.74) is 5.21. The number of aliphatic hydroxyl groups excluding tert-OH is 1. The second-order valence-corrected chi connectivity index (χ2v) is 9.37. The van der Waals surface area contributed by atoms with Gasteiger partial charge in [-0.3, -0.25) is 38.4 Å². The number of carbonyl (C=O) groups is 8. The molecule has 1 rings (SSSR count). The summed E-state index contributed by atoms with van der Waals surface area (Å²) in [6.45, 7) is 0.298. The molecule has 1 fully saturated rings. The number of aliphatic carboxylic acids is 1. The van der Waals surface area contributed by atoms with Crippen LogP contribution >= 0.6 is 0 Å². The van der Waals surface area contributed by atoms with Gasteiger partial charge in [0.1, 0.15) is 24.7 Å². The third kappa shape index (κ3) is 12.2. The van der Waals surface area contributed by atoms with E-state index in [0.29, 0.717) is 12.8 Å². The van der Waals surface area contributed by atoms with E-state index in [1.807, 2.05) is 5.32 Å². The molecular weight excluding hydrogens is 548 g/mol. The maximum atomic E-state index is 13.0. The summed E-state index contributed by atoms with van der Waals surface area (Å²) in [6, 6.07) is -3.51. The summed E-state index contributed by atoms with van der Waals surface area (Å²) in [5.74, 6) is -6.64. The Balaban J connectivity index is 2.67. The maximum absolute atomic E-state index is 13.0. The van der Waals surface area contributed by atoms with E-state index in [1.54, 1.807) is 13.8 Å². The molecule has 0 spiro atoms. The van der Waals surface area contributed by atoms with Crippen molar-refractivity contribution in [2.45, 2.75) is 44.8 Å². The lowest BCUT2D eigenvalue weighted by Crippen LogP contribution is -2.59. The summed E-state index contributed by atoms with van der Waals surface area (Å²) in [5, 5.41) is 31.7. The molecule has 0 aliphatic carbocycles. The molecule has 0 aromatic heterocycles. The zero-order valence-corrected chi connectivity index (χ0v) is 22.9. The van der Waals surface area contributed by atoms with Gasteiger partial charge in [-0.05, 0) is 18.8 Å².